The van der Waals surface area contributed by atoms with Crippen molar-refractivity contribution in [3.63, 3.8) is 0 Å². The molecule has 0 heterocycles. The average molecular weight is 356 g/mol. The second kappa shape index (κ2) is 9.46. The van der Waals surface area contributed by atoms with Gasteiger partial charge >= 0.3 is 0 Å². The summed E-state index contributed by atoms with van der Waals surface area (Å²) in [6, 6.07) is 15.0. The third-order valence-corrected chi connectivity index (χ3v) is 3.94. The summed E-state index contributed by atoms with van der Waals surface area (Å²) in [5.74, 6) is 0.805. The second-order valence-corrected chi connectivity index (χ2v) is 5.88. The molecule has 0 saturated carbocycles. The number of ether oxygens (including phenoxy) is 2. The Morgan fingerprint density at radius 2 is 1.65 bits per heavy atom. The molecule has 0 aromatic heterocycles. The van der Waals surface area contributed by atoms with E-state index in [2.05, 4.69) is 5.32 Å². The maximum Gasteiger partial charge on any atom is 0.242 e. The lowest BCUT2D eigenvalue weighted by Crippen LogP contribution is -2.38. The van der Waals surface area contributed by atoms with Crippen molar-refractivity contribution in [3.8, 4) is 11.5 Å². The maximum absolute atomic E-state index is 12.2. The molecule has 0 unspecified atom stereocenters. The van der Waals surface area contributed by atoms with Gasteiger partial charge in [-0.25, -0.2) is 0 Å². The van der Waals surface area contributed by atoms with Crippen molar-refractivity contribution in [3.05, 3.63) is 59.7 Å². The van der Waals surface area contributed by atoms with Gasteiger partial charge in [-0.05, 0) is 23.3 Å². The Balaban J connectivity index is 1.83. The van der Waals surface area contributed by atoms with Crippen LogP contribution in [-0.2, 0) is 22.6 Å². The van der Waals surface area contributed by atoms with E-state index in [-0.39, 0.29) is 24.8 Å². The van der Waals surface area contributed by atoms with E-state index in [0.717, 1.165) is 11.1 Å². The van der Waals surface area contributed by atoms with Gasteiger partial charge in [0.25, 0.3) is 0 Å². The Kier molecular flexibility index (Phi) is 7.02. The van der Waals surface area contributed by atoms with Crippen molar-refractivity contribution in [2.45, 2.75) is 13.0 Å². The average Bonchev–Trinajstić information content (AvgIpc) is 2.66. The van der Waals surface area contributed by atoms with Crippen LogP contribution in [0.4, 0.5) is 0 Å². The fourth-order valence-corrected chi connectivity index (χ4v) is 2.49. The number of amides is 2. The fraction of sp³-hybridized carbons (Fsp3) is 0.300. The van der Waals surface area contributed by atoms with E-state index in [1.807, 2.05) is 30.3 Å². The van der Waals surface area contributed by atoms with Crippen LogP contribution in [0, 0.1) is 0 Å². The quantitative estimate of drug-likeness (QED) is 0.786. The minimum Gasteiger partial charge on any atom is -0.493 e. The molecule has 0 bridgehead atoms. The highest BCUT2D eigenvalue weighted by Crippen LogP contribution is 2.27. The SMILES string of the molecule is COc1ccc(CC(=O)NCC(=O)N(C)Cc2ccccc2)cc1OC. The zero-order valence-electron chi connectivity index (χ0n) is 15.3. The lowest BCUT2D eigenvalue weighted by Gasteiger charge is -2.17. The molecule has 0 aliphatic carbocycles. The monoisotopic (exact) mass is 356 g/mol. The van der Waals surface area contributed by atoms with Gasteiger partial charge in [0.05, 0.1) is 27.2 Å². The molecular formula is C20H24N2O4. The van der Waals surface area contributed by atoms with Crippen molar-refractivity contribution >= 4 is 11.8 Å². The van der Waals surface area contributed by atoms with Crippen molar-refractivity contribution in [2.24, 2.45) is 0 Å². The maximum atomic E-state index is 12.2. The Morgan fingerprint density at radius 3 is 2.31 bits per heavy atom. The molecule has 1 N–H and O–H groups in total. The van der Waals surface area contributed by atoms with E-state index in [1.54, 1.807) is 44.4 Å². The van der Waals surface area contributed by atoms with E-state index in [1.165, 1.54) is 0 Å². The second-order valence-electron chi connectivity index (χ2n) is 5.88. The van der Waals surface area contributed by atoms with Gasteiger partial charge in [-0.1, -0.05) is 36.4 Å². The normalized spacial score (nSPS) is 10.1. The Morgan fingerprint density at radius 1 is 0.962 bits per heavy atom. The summed E-state index contributed by atoms with van der Waals surface area (Å²) in [5, 5.41) is 2.66. The van der Waals surface area contributed by atoms with Crippen LogP contribution in [0.15, 0.2) is 48.5 Å². The molecule has 138 valence electrons. The van der Waals surface area contributed by atoms with Gasteiger partial charge in [-0.3, -0.25) is 9.59 Å². The first-order valence-electron chi connectivity index (χ1n) is 8.29. The molecule has 0 aliphatic heterocycles. The molecule has 2 amide bonds. The van der Waals surface area contributed by atoms with Gasteiger partial charge in [0.2, 0.25) is 11.8 Å². The Hall–Kier alpha value is -3.02. The summed E-state index contributed by atoms with van der Waals surface area (Å²) < 4.78 is 10.4. The molecular weight excluding hydrogens is 332 g/mol. The van der Waals surface area contributed by atoms with Crippen LogP contribution in [0.3, 0.4) is 0 Å². The molecule has 0 radical (unpaired) electrons. The van der Waals surface area contributed by atoms with Gasteiger partial charge in [0.1, 0.15) is 0 Å². The van der Waals surface area contributed by atoms with Gasteiger partial charge < -0.3 is 19.7 Å². The standard InChI is InChI=1S/C20H24N2O4/c1-22(14-15-7-5-4-6-8-15)20(24)13-21-19(23)12-16-9-10-17(25-2)18(11-16)26-3/h4-11H,12-14H2,1-3H3,(H,21,23). The van der Waals surface area contributed by atoms with Crippen LogP contribution in [0.25, 0.3) is 0 Å². The lowest BCUT2D eigenvalue weighted by atomic mass is 10.1. The first-order chi connectivity index (χ1) is 12.5. The smallest absolute Gasteiger partial charge is 0.242 e. The number of benzene rings is 2. The van der Waals surface area contributed by atoms with Gasteiger partial charge in [0, 0.05) is 13.6 Å². The molecule has 26 heavy (non-hydrogen) atoms. The van der Waals surface area contributed by atoms with Gasteiger partial charge in [-0.2, -0.15) is 0 Å². The highest BCUT2D eigenvalue weighted by atomic mass is 16.5. The van der Waals surface area contributed by atoms with Crippen molar-refractivity contribution in [1.82, 2.24) is 10.2 Å². The summed E-state index contributed by atoms with van der Waals surface area (Å²) in [6.07, 6.45) is 0.163. The van der Waals surface area contributed by atoms with E-state index in [4.69, 9.17) is 9.47 Å². The largest absolute Gasteiger partial charge is 0.493 e. The minimum absolute atomic E-state index is 0.0323. The van der Waals surface area contributed by atoms with Crippen molar-refractivity contribution < 1.29 is 19.1 Å². The summed E-state index contributed by atoms with van der Waals surface area (Å²) >= 11 is 0. The molecule has 0 spiro atoms. The van der Waals surface area contributed by atoms with E-state index >= 15 is 0 Å². The Bertz CT molecular complexity index is 747. The van der Waals surface area contributed by atoms with Gasteiger partial charge in [-0.15, -0.1) is 0 Å². The third-order valence-electron chi connectivity index (χ3n) is 3.94. The molecule has 2 aromatic rings. The third kappa shape index (κ3) is 5.51. The Labute approximate surface area is 153 Å². The highest BCUT2D eigenvalue weighted by Gasteiger charge is 2.12. The summed E-state index contributed by atoms with van der Waals surface area (Å²) in [6.45, 7) is 0.473. The first kappa shape index (κ1) is 19.3. The molecule has 0 aliphatic rings. The number of rotatable bonds is 8. The fourth-order valence-electron chi connectivity index (χ4n) is 2.49. The summed E-state index contributed by atoms with van der Waals surface area (Å²) in [7, 11) is 4.82. The number of methoxy groups -OCH3 is 2. The number of carbonyl (C=O) groups is 2. The lowest BCUT2D eigenvalue weighted by molar-refractivity contribution is -0.132. The number of carbonyl (C=O) groups excluding carboxylic acids is 2. The molecule has 0 atom stereocenters. The number of nitrogens with zero attached hydrogens (tertiary/aromatic N) is 1. The molecule has 0 fully saturated rings. The van der Waals surface area contributed by atoms with E-state index in [9.17, 15) is 9.59 Å². The minimum atomic E-state index is -0.223. The zero-order chi connectivity index (χ0) is 18.9. The van der Waals surface area contributed by atoms with Gasteiger partial charge in [0.15, 0.2) is 11.5 Å². The molecule has 2 aromatic carbocycles. The van der Waals surface area contributed by atoms with Crippen LogP contribution in [-0.4, -0.2) is 44.5 Å². The summed E-state index contributed by atoms with van der Waals surface area (Å²) in [4.78, 5) is 25.9. The van der Waals surface area contributed by atoms with Crippen LogP contribution in [0.5, 0.6) is 11.5 Å². The predicted octanol–water partition coefficient (Wildman–Crippen LogP) is 2.02. The summed E-state index contributed by atoms with van der Waals surface area (Å²) in [5.41, 5.74) is 1.82. The van der Waals surface area contributed by atoms with Crippen LogP contribution >= 0.6 is 0 Å². The van der Waals surface area contributed by atoms with Crippen molar-refractivity contribution in [2.75, 3.05) is 27.8 Å². The molecule has 0 saturated heterocycles. The first-order valence-corrected chi connectivity index (χ1v) is 8.29. The van der Waals surface area contributed by atoms with E-state index < -0.39 is 0 Å². The highest BCUT2D eigenvalue weighted by molar-refractivity contribution is 5.85. The topological polar surface area (TPSA) is 67.9 Å². The van der Waals surface area contributed by atoms with Crippen LogP contribution < -0.4 is 14.8 Å². The number of nitrogens with one attached hydrogen (secondary N) is 1. The predicted molar refractivity (Wildman–Crippen MR) is 99.2 cm³/mol. The van der Waals surface area contributed by atoms with E-state index in [0.29, 0.717) is 18.0 Å². The number of hydrogen-bond donors (Lipinski definition) is 1. The zero-order valence-corrected chi connectivity index (χ0v) is 15.3. The van der Waals surface area contributed by atoms with Crippen LogP contribution in [0.1, 0.15) is 11.1 Å². The molecule has 6 nitrogen and oxygen atoms in total. The molecule has 6 heteroatoms. The van der Waals surface area contributed by atoms with Crippen LogP contribution in [0.2, 0.25) is 0 Å². The number of likely N-dealkylation sites (N-methyl/N-ethyl adjacent to an activating group) is 1. The number of hydrogen-bond acceptors (Lipinski definition) is 4. The van der Waals surface area contributed by atoms with Crippen molar-refractivity contribution in [1.29, 1.82) is 0 Å². The molecule has 2 rings (SSSR count).